The number of piperidine rings is 1. The first-order valence-electron chi connectivity index (χ1n) is 9.89. The average Bonchev–Trinajstić information content (AvgIpc) is 2.74. The lowest BCUT2D eigenvalue weighted by Crippen LogP contribution is -2.41. The molecule has 0 aliphatic carbocycles. The van der Waals surface area contributed by atoms with Crippen LogP contribution in [0.5, 0.6) is 0 Å². The monoisotopic (exact) mass is 436 g/mol. The van der Waals surface area contributed by atoms with Crippen LogP contribution in [0.25, 0.3) is 11.3 Å². The van der Waals surface area contributed by atoms with Crippen molar-refractivity contribution in [3.8, 4) is 11.3 Å². The Labute approximate surface area is 179 Å². The minimum atomic E-state index is -4.38. The smallest absolute Gasteiger partial charge is 0.400 e. The zero-order valence-electron chi connectivity index (χ0n) is 17.8. The fourth-order valence-corrected chi connectivity index (χ4v) is 3.38. The first kappa shape index (κ1) is 24.3. The molecule has 0 radical (unpaired) electrons. The van der Waals surface area contributed by atoms with E-state index in [1.807, 2.05) is 6.92 Å². The molecule has 2 heterocycles. The van der Waals surface area contributed by atoms with Gasteiger partial charge >= 0.3 is 6.18 Å². The number of benzene rings is 1. The minimum absolute atomic E-state index is 0.0175. The molecule has 0 saturated carbocycles. The van der Waals surface area contributed by atoms with E-state index in [0.29, 0.717) is 48.3 Å². The summed E-state index contributed by atoms with van der Waals surface area (Å²) in [6.45, 7) is 4.80. The van der Waals surface area contributed by atoms with Gasteiger partial charge in [-0.2, -0.15) is 13.2 Å². The van der Waals surface area contributed by atoms with Crippen molar-refractivity contribution < 1.29 is 23.1 Å². The largest absolute Gasteiger partial charge is 0.416 e. The van der Waals surface area contributed by atoms with E-state index in [1.165, 1.54) is 6.07 Å². The Morgan fingerprint density at radius 2 is 2.00 bits per heavy atom. The van der Waals surface area contributed by atoms with Crippen LogP contribution >= 0.6 is 0 Å². The number of pyridine rings is 1. The summed E-state index contributed by atoms with van der Waals surface area (Å²) >= 11 is 0. The van der Waals surface area contributed by atoms with Crippen LogP contribution in [0.1, 0.15) is 36.5 Å². The molecule has 1 atom stereocenters. The minimum Gasteiger partial charge on any atom is -0.400 e. The molecule has 31 heavy (non-hydrogen) atoms. The Kier molecular flexibility index (Phi) is 8.15. The number of likely N-dealkylation sites (N-methyl/N-ethyl adjacent to an activating group) is 1. The fourth-order valence-electron chi connectivity index (χ4n) is 3.38. The number of aryl methyl sites for hydroxylation is 1. The lowest BCUT2D eigenvalue weighted by atomic mass is 10.0. The molecule has 1 saturated heterocycles. The molecule has 1 fully saturated rings. The van der Waals surface area contributed by atoms with Crippen molar-refractivity contribution >= 4 is 17.9 Å². The zero-order chi connectivity index (χ0) is 23.2. The number of likely N-dealkylation sites (tertiary alicyclic amines) is 1. The maximum absolute atomic E-state index is 12.9. The summed E-state index contributed by atoms with van der Waals surface area (Å²) in [5.74, 6) is 0.404. The maximum Gasteiger partial charge on any atom is 0.416 e. The number of nitrogens with zero attached hydrogens (tertiary/aromatic N) is 3. The van der Waals surface area contributed by atoms with Crippen LogP contribution in [0.3, 0.4) is 0 Å². The number of hydrogen-bond acceptors (Lipinski definition) is 5. The molecule has 0 spiro atoms. The number of hydrogen-bond donors (Lipinski definition) is 2. The second-order valence-electron chi connectivity index (χ2n) is 7.10. The van der Waals surface area contributed by atoms with Gasteiger partial charge in [-0.15, -0.1) is 0 Å². The van der Waals surface area contributed by atoms with E-state index in [4.69, 9.17) is 10.8 Å². The van der Waals surface area contributed by atoms with E-state index in [0.717, 1.165) is 19.2 Å². The van der Waals surface area contributed by atoms with E-state index in [-0.39, 0.29) is 17.8 Å². The Morgan fingerprint density at radius 1 is 1.29 bits per heavy atom. The molecular weight excluding hydrogens is 409 g/mol. The normalized spacial score (nSPS) is 16.9. The van der Waals surface area contributed by atoms with Crippen molar-refractivity contribution in [1.29, 1.82) is 0 Å². The van der Waals surface area contributed by atoms with Gasteiger partial charge < -0.3 is 15.7 Å². The number of amides is 1. The van der Waals surface area contributed by atoms with Crippen LogP contribution in [-0.2, 0) is 11.0 Å². The highest BCUT2D eigenvalue weighted by atomic mass is 19.4. The third-order valence-electron chi connectivity index (χ3n) is 5.07. The highest BCUT2D eigenvalue weighted by Crippen LogP contribution is 2.33. The number of carbonyl (C=O) groups is 1. The molecule has 6 nitrogen and oxygen atoms in total. The summed E-state index contributed by atoms with van der Waals surface area (Å²) in [4.78, 5) is 22.4. The van der Waals surface area contributed by atoms with E-state index < -0.39 is 11.7 Å². The Morgan fingerprint density at radius 3 is 2.58 bits per heavy atom. The maximum atomic E-state index is 12.9. The van der Waals surface area contributed by atoms with Gasteiger partial charge in [-0.1, -0.05) is 6.07 Å². The number of aliphatic hydroxyl groups is 1. The van der Waals surface area contributed by atoms with Gasteiger partial charge in [-0.05, 0) is 50.1 Å². The molecule has 1 aliphatic rings. The second kappa shape index (κ2) is 10.4. The van der Waals surface area contributed by atoms with Gasteiger partial charge in [-0.25, -0.2) is 4.98 Å². The summed E-state index contributed by atoms with van der Waals surface area (Å²) in [5.41, 5.74) is 7.57. The molecule has 1 aliphatic heterocycles. The Balaban J connectivity index is 0.00000166. The van der Waals surface area contributed by atoms with Gasteiger partial charge in [0, 0.05) is 44.0 Å². The van der Waals surface area contributed by atoms with E-state index >= 15 is 0 Å². The molecule has 168 valence electrons. The van der Waals surface area contributed by atoms with E-state index in [9.17, 15) is 18.0 Å². The highest BCUT2D eigenvalue weighted by Gasteiger charge is 2.30. The molecule has 2 aromatic rings. The Hall–Kier alpha value is -2.94. The van der Waals surface area contributed by atoms with Crippen molar-refractivity contribution in [1.82, 2.24) is 9.88 Å². The molecular formula is C22H27F3N4O2. The number of halogens is 3. The molecule has 0 bridgehead atoms. The molecule has 1 unspecified atom stereocenters. The first-order chi connectivity index (χ1) is 14.7. The zero-order valence-corrected chi connectivity index (χ0v) is 17.8. The predicted molar refractivity (Wildman–Crippen MR) is 115 cm³/mol. The molecule has 3 rings (SSSR count). The van der Waals surface area contributed by atoms with Crippen molar-refractivity contribution in [2.75, 3.05) is 25.9 Å². The van der Waals surface area contributed by atoms with Crippen LogP contribution in [0.4, 0.5) is 19.0 Å². The number of aliphatic hydroxyl groups excluding tert-OH is 1. The number of nitrogen functional groups attached to an aromatic ring is 1. The van der Waals surface area contributed by atoms with Crippen LogP contribution in [-0.4, -0.2) is 53.4 Å². The quantitative estimate of drug-likeness (QED) is 0.715. The molecule has 3 N–H and O–H groups in total. The van der Waals surface area contributed by atoms with Crippen molar-refractivity contribution in [3.63, 3.8) is 0 Å². The number of aromatic nitrogens is 1. The molecule has 1 amide bonds. The van der Waals surface area contributed by atoms with Gasteiger partial charge in [-0.3, -0.25) is 9.79 Å². The highest BCUT2D eigenvalue weighted by molar-refractivity contribution is 5.87. The van der Waals surface area contributed by atoms with E-state index in [1.54, 1.807) is 30.2 Å². The van der Waals surface area contributed by atoms with Crippen molar-refractivity contribution in [3.05, 3.63) is 47.0 Å². The second-order valence-corrected chi connectivity index (χ2v) is 7.10. The van der Waals surface area contributed by atoms with Crippen LogP contribution < -0.4 is 5.73 Å². The van der Waals surface area contributed by atoms with Crippen LogP contribution in [0.2, 0.25) is 0 Å². The Bertz CT molecular complexity index is 945. The third-order valence-corrected chi connectivity index (χ3v) is 5.07. The van der Waals surface area contributed by atoms with Gasteiger partial charge in [0.2, 0.25) is 5.91 Å². The van der Waals surface area contributed by atoms with Crippen LogP contribution in [0, 0.1) is 6.92 Å². The van der Waals surface area contributed by atoms with Gasteiger partial charge in [0.15, 0.2) is 0 Å². The first-order valence-corrected chi connectivity index (χ1v) is 9.89. The predicted octanol–water partition coefficient (Wildman–Crippen LogP) is 3.70. The van der Waals surface area contributed by atoms with Gasteiger partial charge in [0.25, 0.3) is 0 Å². The van der Waals surface area contributed by atoms with Crippen molar-refractivity contribution in [2.24, 2.45) is 4.99 Å². The summed E-state index contributed by atoms with van der Waals surface area (Å²) in [6.07, 6.45) is -1.55. The van der Waals surface area contributed by atoms with E-state index in [2.05, 4.69) is 9.98 Å². The summed E-state index contributed by atoms with van der Waals surface area (Å²) < 4.78 is 38.6. The number of nitrogens with two attached hydrogens (primary N) is 1. The fraction of sp³-hybridized carbons (Fsp3) is 0.409. The standard InChI is InChI=1S/C21H23F3N4O.CH4O/c1-3-28-12-16(6-9-19(28)29)26-11-14-4-8-18(27-20(14)25)17-7-5-15(10-13(17)2)21(22,23)24;1-2/h4-5,7-8,10-11,16H,3,6,9,12H2,1-2H3,(H2,25,27);2H,1H3. The van der Waals surface area contributed by atoms with Crippen LogP contribution in [0.15, 0.2) is 35.3 Å². The number of anilines is 1. The number of rotatable bonds is 4. The van der Waals surface area contributed by atoms with Crippen molar-refractivity contribution in [2.45, 2.75) is 38.9 Å². The topological polar surface area (TPSA) is 91.8 Å². The molecule has 1 aromatic carbocycles. The lowest BCUT2D eigenvalue weighted by Gasteiger charge is -2.29. The lowest BCUT2D eigenvalue weighted by molar-refractivity contribution is -0.137. The van der Waals surface area contributed by atoms with Gasteiger partial charge in [0.05, 0.1) is 17.3 Å². The number of alkyl halides is 3. The average molecular weight is 436 g/mol. The molecule has 1 aromatic heterocycles. The summed E-state index contributed by atoms with van der Waals surface area (Å²) in [5, 5.41) is 7.00. The summed E-state index contributed by atoms with van der Waals surface area (Å²) in [6, 6.07) is 7.04. The third kappa shape index (κ3) is 6.04. The number of aliphatic imine (C=N–C) groups is 1. The molecule has 9 heteroatoms. The SMILES string of the molecule is CCN1CC(N=Cc2ccc(-c3ccc(C(F)(F)F)cc3C)nc2N)CCC1=O.CO. The summed E-state index contributed by atoms with van der Waals surface area (Å²) in [7, 11) is 1.00. The number of carbonyl (C=O) groups excluding carboxylic acids is 1. The van der Waals surface area contributed by atoms with Gasteiger partial charge in [0.1, 0.15) is 5.82 Å².